The van der Waals surface area contributed by atoms with E-state index in [1.165, 1.54) is 321 Å². The molecule has 0 fully saturated rings. The molecule has 2 atom stereocenters. The van der Waals surface area contributed by atoms with Gasteiger partial charge < -0.3 is 33.3 Å². The lowest BCUT2D eigenvalue weighted by molar-refractivity contribution is -0.870. The Balaban J connectivity index is 3.94. The summed E-state index contributed by atoms with van der Waals surface area (Å²) >= 11 is 0. The summed E-state index contributed by atoms with van der Waals surface area (Å²) in [6.45, 7) is 4.72. The number of carbonyl (C=O) groups excluding carboxylic acids is 3. The van der Waals surface area contributed by atoms with Crippen molar-refractivity contribution in [3.63, 3.8) is 0 Å². The third-order valence-electron chi connectivity index (χ3n) is 19.0. The first-order valence-corrected chi connectivity index (χ1v) is 41.9. The van der Waals surface area contributed by atoms with E-state index in [1.807, 2.05) is 21.1 Å². The fraction of sp³-hybridized carbons (Fsp3) is 0.851. The summed E-state index contributed by atoms with van der Waals surface area (Å²) in [5.41, 5.74) is 0. The van der Waals surface area contributed by atoms with Gasteiger partial charge in [0.1, 0.15) is 13.2 Å². The number of unbranched alkanes of at least 4 members (excludes halogenated alkanes) is 54. The number of likely N-dealkylation sites (N-methyl/N-ethyl adjacent to an activating group) is 1. The van der Waals surface area contributed by atoms with Gasteiger partial charge in [0.25, 0.3) is 0 Å². The van der Waals surface area contributed by atoms with Gasteiger partial charge >= 0.3 is 11.9 Å². The second-order valence-corrected chi connectivity index (χ2v) is 29.8. The second kappa shape index (κ2) is 77.7. The molecule has 9 heteroatoms. The number of aliphatic carboxylic acids is 1. The molecule has 0 spiro atoms. The van der Waals surface area contributed by atoms with Crippen molar-refractivity contribution in [2.24, 2.45) is 0 Å². The summed E-state index contributed by atoms with van der Waals surface area (Å²) in [5, 5.41) is 11.9. The minimum Gasteiger partial charge on any atom is -0.545 e. The summed E-state index contributed by atoms with van der Waals surface area (Å²) in [5.74, 6) is -2.25. The fourth-order valence-corrected chi connectivity index (χ4v) is 12.7. The van der Waals surface area contributed by atoms with Gasteiger partial charge in [0.15, 0.2) is 12.4 Å². The summed E-state index contributed by atoms with van der Waals surface area (Å²) in [7, 11) is 5.95. The molecule has 0 saturated carbocycles. The summed E-state index contributed by atoms with van der Waals surface area (Å²) in [6.07, 6.45) is 101. The zero-order valence-corrected chi connectivity index (χ0v) is 64.5. The van der Waals surface area contributed by atoms with E-state index in [-0.39, 0.29) is 32.2 Å². The third kappa shape index (κ3) is 78.3. The zero-order valence-electron chi connectivity index (χ0n) is 64.5. The fourth-order valence-electron chi connectivity index (χ4n) is 12.7. The van der Waals surface area contributed by atoms with Crippen LogP contribution in [0.25, 0.3) is 0 Å². The van der Waals surface area contributed by atoms with Crippen LogP contribution in [0.2, 0.25) is 0 Å². The first-order chi connectivity index (χ1) is 47.1. The predicted octanol–water partition coefficient (Wildman–Crippen LogP) is 25.7. The number of rotatable bonds is 79. The van der Waals surface area contributed by atoms with E-state index in [4.69, 9.17) is 18.9 Å². The molecule has 96 heavy (non-hydrogen) atoms. The van der Waals surface area contributed by atoms with Crippen LogP contribution < -0.4 is 5.11 Å². The van der Waals surface area contributed by atoms with Gasteiger partial charge in [-0.1, -0.05) is 408 Å². The highest BCUT2D eigenvalue weighted by molar-refractivity contribution is 5.70. The molecule has 2 unspecified atom stereocenters. The highest BCUT2D eigenvalue weighted by Gasteiger charge is 2.22. The topological polar surface area (TPSA) is 111 Å². The van der Waals surface area contributed by atoms with Crippen molar-refractivity contribution in [2.75, 3.05) is 47.5 Å². The van der Waals surface area contributed by atoms with Crippen LogP contribution in [0.15, 0.2) is 60.8 Å². The molecule has 0 aromatic rings. The van der Waals surface area contributed by atoms with Gasteiger partial charge in [-0.15, -0.1) is 0 Å². The van der Waals surface area contributed by atoms with Crippen LogP contribution in [0.4, 0.5) is 0 Å². The lowest BCUT2D eigenvalue weighted by Gasteiger charge is -2.26. The smallest absolute Gasteiger partial charge is 0.306 e. The number of carboxylic acids is 1. The molecule has 0 rings (SSSR count). The summed E-state index contributed by atoms with van der Waals surface area (Å²) in [6, 6.07) is 0. The average Bonchev–Trinajstić information content (AvgIpc) is 2.40. The van der Waals surface area contributed by atoms with E-state index in [1.54, 1.807) is 0 Å². The Kier molecular flexibility index (Phi) is 75.3. The van der Waals surface area contributed by atoms with E-state index in [0.717, 1.165) is 70.6 Å². The van der Waals surface area contributed by atoms with Gasteiger partial charge in [0, 0.05) is 12.8 Å². The molecule has 0 amide bonds. The van der Waals surface area contributed by atoms with E-state index in [0.29, 0.717) is 17.4 Å². The first-order valence-electron chi connectivity index (χ1n) is 41.9. The van der Waals surface area contributed by atoms with Crippen LogP contribution in [0.1, 0.15) is 418 Å². The molecule has 0 N–H and O–H groups in total. The maximum absolute atomic E-state index is 13.0. The Morgan fingerprint density at radius 3 is 0.885 bits per heavy atom. The van der Waals surface area contributed by atoms with E-state index in [2.05, 4.69) is 74.6 Å². The Hall–Kier alpha value is -3.01. The second-order valence-electron chi connectivity index (χ2n) is 29.8. The molecule has 0 radical (unpaired) electrons. The summed E-state index contributed by atoms with van der Waals surface area (Å²) < 4.78 is 22.9. The Morgan fingerprint density at radius 2 is 0.594 bits per heavy atom. The van der Waals surface area contributed by atoms with E-state index in [9.17, 15) is 19.5 Å². The molecular weight excluding hydrogens is 1190 g/mol. The van der Waals surface area contributed by atoms with Crippen LogP contribution >= 0.6 is 0 Å². The number of nitrogens with zero attached hydrogens (tertiary/aromatic N) is 1. The molecule has 0 saturated heterocycles. The van der Waals surface area contributed by atoms with Gasteiger partial charge in [-0.3, -0.25) is 9.59 Å². The molecule has 0 aliphatic rings. The van der Waals surface area contributed by atoms with Crippen molar-refractivity contribution >= 4 is 17.9 Å². The molecule has 0 aliphatic carbocycles. The van der Waals surface area contributed by atoms with Crippen LogP contribution in [-0.2, 0) is 33.3 Å². The number of allylic oxidation sites excluding steroid dienone is 10. The number of carbonyl (C=O) groups is 3. The zero-order chi connectivity index (χ0) is 69.7. The van der Waals surface area contributed by atoms with Gasteiger partial charge in [-0.25, -0.2) is 0 Å². The minimum atomic E-state index is -1.62. The highest BCUT2D eigenvalue weighted by atomic mass is 16.7. The average molecular weight is 1350 g/mol. The Bertz CT molecular complexity index is 1760. The molecule has 562 valence electrons. The molecule has 0 bridgehead atoms. The number of esters is 2. The third-order valence-corrected chi connectivity index (χ3v) is 19.0. The molecular formula is C87H161NO8. The van der Waals surface area contributed by atoms with Gasteiger partial charge in [-0.05, 0) is 57.8 Å². The van der Waals surface area contributed by atoms with Gasteiger partial charge in [0.05, 0.1) is 40.3 Å². The molecule has 9 nitrogen and oxygen atoms in total. The van der Waals surface area contributed by atoms with Crippen molar-refractivity contribution in [3.8, 4) is 0 Å². The first kappa shape index (κ1) is 93.0. The van der Waals surface area contributed by atoms with E-state index >= 15 is 0 Å². The standard InChI is InChI=1S/C87H161NO8/c1-6-8-10-12-14-16-18-20-22-24-26-28-30-32-34-36-38-40-41-42-43-44-45-46-48-50-52-54-56-58-60-62-64-66-68-70-72-74-76-78-85(90)96-83(82-95-87(86(91)92)93-80-79-88(3,4)5)81-94-84(89)77-75-73-71-69-67-65-63-61-59-57-55-53-51-49-47-39-37-35-33-31-29-27-25-23-21-19-17-15-13-11-9-7-2/h8,10,14,16,20,22,26,28,32,34,83,87H,6-7,9,11-13,15,17-19,21,23-25,27,29-31,33,35-82H2,1-5H3/b10-8-,16-14-,22-20-,28-26-,34-32-. The largest absolute Gasteiger partial charge is 0.545 e. The van der Waals surface area contributed by atoms with Crippen molar-refractivity contribution in [1.82, 2.24) is 0 Å². The number of hydrogen-bond donors (Lipinski definition) is 0. The number of quaternary nitrogens is 1. The van der Waals surface area contributed by atoms with Gasteiger partial charge in [-0.2, -0.15) is 0 Å². The SMILES string of the molecule is CC/C=C\C/C=C\C/C=C\C/C=C\C/C=C\CCCCCCCCCCCCCCCCCCCCCCCCCC(=O)OC(COC(=O)CCCCCCCCCCCCCCCCCCCCCCCCCCCCCCCCCC)COC(OCC[N+](C)(C)C)C(=O)[O-]. The van der Waals surface area contributed by atoms with Crippen molar-refractivity contribution in [1.29, 1.82) is 0 Å². The number of hydrogen-bond acceptors (Lipinski definition) is 8. The Labute approximate surface area is 596 Å². The van der Waals surface area contributed by atoms with Gasteiger partial charge in [0.2, 0.25) is 0 Å². The molecule has 0 aromatic heterocycles. The van der Waals surface area contributed by atoms with Crippen molar-refractivity contribution < 1.29 is 42.9 Å². The lowest BCUT2D eigenvalue weighted by atomic mass is 10.0. The number of ether oxygens (including phenoxy) is 4. The van der Waals surface area contributed by atoms with Crippen molar-refractivity contribution in [3.05, 3.63) is 60.8 Å². The monoisotopic (exact) mass is 1350 g/mol. The summed E-state index contributed by atoms with van der Waals surface area (Å²) in [4.78, 5) is 37.6. The maximum atomic E-state index is 13.0. The quantitative estimate of drug-likeness (QED) is 0.0195. The van der Waals surface area contributed by atoms with Crippen LogP contribution in [0, 0.1) is 0 Å². The minimum absolute atomic E-state index is 0.151. The molecule has 0 heterocycles. The van der Waals surface area contributed by atoms with Crippen molar-refractivity contribution in [2.45, 2.75) is 431 Å². The van der Waals surface area contributed by atoms with Crippen LogP contribution in [0.5, 0.6) is 0 Å². The molecule has 0 aromatic carbocycles. The van der Waals surface area contributed by atoms with Crippen LogP contribution in [-0.4, -0.2) is 82.3 Å². The lowest BCUT2D eigenvalue weighted by Crippen LogP contribution is -2.44. The van der Waals surface area contributed by atoms with E-state index < -0.39 is 24.3 Å². The highest BCUT2D eigenvalue weighted by Crippen LogP contribution is 2.20. The maximum Gasteiger partial charge on any atom is 0.306 e. The Morgan fingerprint density at radius 1 is 0.323 bits per heavy atom. The molecule has 0 aliphatic heterocycles. The van der Waals surface area contributed by atoms with Crippen LogP contribution in [0.3, 0.4) is 0 Å². The predicted molar refractivity (Wildman–Crippen MR) is 412 cm³/mol. The number of carboxylic acid groups (broad SMARTS) is 1. The normalized spacial score (nSPS) is 12.9.